The highest BCUT2D eigenvalue weighted by Gasteiger charge is 2.11. The van der Waals surface area contributed by atoms with Gasteiger partial charge in [-0.15, -0.1) is 11.3 Å². The highest BCUT2D eigenvalue weighted by atomic mass is 32.2. The standard InChI is InChI=1S/C15H14N6S2/c1-8-18-10-6-9(4-5-11(10)21(8)2)19-13-12-14(17-7-16-13)20-15(22-3)23-12/h4-7H,1-3H3,(H,16,17,19). The Labute approximate surface area is 141 Å². The van der Waals surface area contributed by atoms with E-state index >= 15 is 0 Å². The topological polar surface area (TPSA) is 68.5 Å². The minimum atomic E-state index is 0.728. The van der Waals surface area contributed by atoms with E-state index in [0.29, 0.717) is 0 Å². The number of aromatic nitrogens is 5. The van der Waals surface area contributed by atoms with Gasteiger partial charge in [-0.05, 0) is 31.4 Å². The van der Waals surface area contributed by atoms with Crippen LogP contribution in [0.15, 0.2) is 28.9 Å². The maximum atomic E-state index is 4.57. The number of thiazole rings is 1. The first-order valence-corrected chi connectivity index (χ1v) is 9.05. The lowest BCUT2D eigenvalue weighted by Crippen LogP contribution is -1.95. The first-order valence-electron chi connectivity index (χ1n) is 7.01. The molecule has 0 atom stereocenters. The summed E-state index contributed by atoms with van der Waals surface area (Å²) in [6.07, 6.45) is 3.55. The van der Waals surface area contributed by atoms with Gasteiger partial charge in [-0.25, -0.2) is 19.9 Å². The molecule has 0 amide bonds. The second kappa shape index (κ2) is 5.47. The summed E-state index contributed by atoms with van der Waals surface area (Å²) in [6.45, 7) is 2.00. The summed E-state index contributed by atoms with van der Waals surface area (Å²) in [5.41, 5.74) is 3.76. The highest BCUT2D eigenvalue weighted by molar-refractivity contribution is 8.00. The van der Waals surface area contributed by atoms with Crippen LogP contribution in [-0.2, 0) is 7.05 Å². The highest BCUT2D eigenvalue weighted by Crippen LogP contribution is 2.32. The van der Waals surface area contributed by atoms with Crippen molar-refractivity contribution in [2.24, 2.45) is 7.05 Å². The van der Waals surface area contributed by atoms with Crippen LogP contribution in [0.25, 0.3) is 21.4 Å². The van der Waals surface area contributed by atoms with Gasteiger partial charge in [0.05, 0.1) is 11.0 Å². The predicted molar refractivity (Wildman–Crippen MR) is 95.7 cm³/mol. The van der Waals surface area contributed by atoms with E-state index in [1.54, 1.807) is 23.1 Å². The Morgan fingerprint density at radius 3 is 2.91 bits per heavy atom. The van der Waals surface area contributed by atoms with Crippen LogP contribution in [0.5, 0.6) is 0 Å². The molecular formula is C15H14N6S2. The van der Waals surface area contributed by atoms with Crippen molar-refractivity contribution in [3.8, 4) is 0 Å². The van der Waals surface area contributed by atoms with Gasteiger partial charge in [0.1, 0.15) is 16.9 Å². The van der Waals surface area contributed by atoms with Gasteiger partial charge in [0.25, 0.3) is 0 Å². The summed E-state index contributed by atoms with van der Waals surface area (Å²) >= 11 is 3.21. The fourth-order valence-electron chi connectivity index (χ4n) is 2.45. The van der Waals surface area contributed by atoms with Crippen LogP contribution >= 0.6 is 23.1 Å². The van der Waals surface area contributed by atoms with E-state index in [2.05, 4.69) is 35.9 Å². The quantitative estimate of drug-likeness (QED) is 0.572. The third kappa shape index (κ3) is 2.43. The Morgan fingerprint density at radius 2 is 2.09 bits per heavy atom. The van der Waals surface area contributed by atoms with Crippen molar-refractivity contribution in [2.45, 2.75) is 11.3 Å². The fraction of sp³-hybridized carbons (Fsp3) is 0.200. The molecule has 116 valence electrons. The molecule has 4 rings (SSSR count). The normalized spacial score (nSPS) is 11.4. The molecule has 0 aliphatic heterocycles. The second-order valence-electron chi connectivity index (χ2n) is 5.11. The number of hydrogen-bond donors (Lipinski definition) is 1. The van der Waals surface area contributed by atoms with Gasteiger partial charge in [0, 0.05) is 12.7 Å². The van der Waals surface area contributed by atoms with E-state index < -0.39 is 0 Å². The van der Waals surface area contributed by atoms with Crippen molar-refractivity contribution in [2.75, 3.05) is 11.6 Å². The summed E-state index contributed by atoms with van der Waals surface area (Å²) in [7, 11) is 2.02. The van der Waals surface area contributed by atoms with Crippen LogP contribution in [0.3, 0.4) is 0 Å². The summed E-state index contributed by atoms with van der Waals surface area (Å²) < 4.78 is 4.03. The van der Waals surface area contributed by atoms with Crippen LogP contribution in [-0.4, -0.2) is 30.8 Å². The van der Waals surface area contributed by atoms with Gasteiger partial charge < -0.3 is 9.88 Å². The first kappa shape index (κ1) is 14.4. The van der Waals surface area contributed by atoms with Gasteiger partial charge in [0.2, 0.25) is 0 Å². The number of anilines is 2. The lowest BCUT2D eigenvalue weighted by Gasteiger charge is -2.06. The lowest BCUT2D eigenvalue weighted by atomic mass is 10.2. The number of hydrogen-bond acceptors (Lipinski definition) is 7. The van der Waals surface area contributed by atoms with Crippen molar-refractivity contribution in [3.63, 3.8) is 0 Å². The summed E-state index contributed by atoms with van der Waals surface area (Å²) in [5.74, 6) is 1.77. The van der Waals surface area contributed by atoms with Crippen LogP contribution in [0, 0.1) is 6.92 Å². The second-order valence-corrected chi connectivity index (χ2v) is 7.16. The smallest absolute Gasteiger partial charge is 0.176 e. The Kier molecular flexibility index (Phi) is 3.42. The molecule has 8 heteroatoms. The van der Waals surface area contributed by atoms with E-state index in [0.717, 1.165) is 43.0 Å². The molecule has 0 bridgehead atoms. The van der Waals surface area contributed by atoms with Crippen LogP contribution in [0.2, 0.25) is 0 Å². The molecule has 0 fully saturated rings. The van der Waals surface area contributed by atoms with Crippen molar-refractivity contribution in [3.05, 3.63) is 30.4 Å². The molecule has 4 aromatic rings. The number of rotatable bonds is 3. The molecule has 1 aromatic carbocycles. The third-order valence-electron chi connectivity index (χ3n) is 3.71. The van der Waals surface area contributed by atoms with E-state index in [1.165, 1.54) is 6.33 Å². The van der Waals surface area contributed by atoms with Gasteiger partial charge in [-0.3, -0.25) is 0 Å². The summed E-state index contributed by atoms with van der Waals surface area (Å²) in [5, 5.41) is 3.37. The summed E-state index contributed by atoms with van der Waals surface area (Å²) in [4.78, 5) is 17.6. The number of imidazole rings is 1. The maximum Gasteiger partial charge on any atom is 0.176 e. The minimum absolute atomic E-state index is 0.728. The molecule has 0 saturated heterocycles. The molecule has 0 unspecified atom stereocenters. The minimum Gasteiger partial charge on any atom is -0.339 e. The molecule has 1 N–H and O–H groups in total. The molecule has 3 aromatic heterocycles. The molecular weight excluding hydrogens is 328 g/mol. The van der Waals surface area contributed by atoms with E-state index in [9.17, 15) is 0 Å². The van der Waals surface area contributed by atoms with Gasteiger partial charge >= 0.3 is 0 Å². The van der Waals surface area contributed by atoms with Gasteiger partial charge in [-0.1, -0.05) is 11.8 Å². The molecule has 0 spiro atoms. The van der Waals surface area contributed by atoms with Gasteiger partial charge in [0.15, 0.2) is 15.8 Å². The number of benzene rings is 1. The van der Waals surface area contributed by atoms with Crippen molar-refractivity contribution < 1.29 is 0 Å². The zero-order chi connectivity index (χ0) is 16.0. The number of fused-ring (bicyclic) bond motifs is 2. The zero-order valence-electron chi connectivity index (χ0n) is 12.9. The average molecular weight is 342 g/mol. The molecule has 0 saturated carbocycles. The molecule has 0 radical (unpaired) electrons. The molecule has 3 heterocycles. The maximum absolute atomic E-state index is 4.57. The van der Waals surface area contributed by atoms with Crippen molar-refractivity contribution >= 4 is 56.0 Å². The number of nitrogens with zero attached hydrogens (tertiary/aromatic N) is 5. The molecule has 0 aliphatic rings. The number of thioether (sulfide) groups is 1. The fourth-order valence-corrected chi connectivity index (χ4v) is 3.90. The SMILES string of the molecule is CSc1nc2ncnc(Nc3ccc4c(c3)nc(C)n4C)c2s1. The first-order chi connectivity index (χ1) is 11.2. The van der Waals surface area contributed by atoms with E-state index in [-0.39, 0.29) is 0 Å². The number of aryl methyl sites for hydroxylation is 2. The van der Waals surface area contributed by atoms with Gasteiger partial charge in [-0.2, -0.15) is 0 Å². The molecule has 0 aliphatic carbocycles. The summed E-state index contributed by atoms with van der Waals surface area (Å²) in [6, 6.07) is 6.14. The van der Waals surface area contributed by atoms with E-state index in [1.807, 2.05) is 32.4 Å². The largest absolute Gasteiger partial charge is 0.339 e. The Bertz CT molecular complexity index is 1020. The van der Waals surface area contributed by atoms with Crippen LogP contribution in [0.1, 0.15) is 5.82 Å². The predicted octanol–water partition coefficient (Wildman–Crippen LogP) is 3.75. The monoisotopic (exact) mass is 342 g/mol. The molecule has 23 heavy (non-hydrogen) atoms. The van der Waals surface area contributed by atoms with E-state index in [4.69, 9.17) is 0 Å². The Hall–Kier alpha value is -2.19. The lowest BCUT2D eigenvalue weighted by molar-refractivity contribution is 0.886. The number of nitrogens with one attached hydrogen (secondary N) is 1. The third-order valence-corrected chi connectivity index (χ3v) is 5.75. The Balaban J connectivity index is 1.76. The van der Waals surface area contributed by atoms with Crippen molar-refractivity contribution in [1.82, 2.24) is 24.5 Å². The van der Waals surface area contributed by atoms with Crippen molar-refractivity contribution in [1.29, 1.82) is 0 Å². The zero-order valence-corrected chi connectivity index (χ0v) is 14.5. The van der Waals surface area contributed by atoms with Crippen LogP contribution in [0.4, 0.5) is 11.5 Å². The molecule has 6 nitrogen and oxygen atoms in total. The van der Waals surface area contributed by atoms with Crippen LogP contribution < -0.4 is 5.32 Å². The Morgan fingerprint density at radius 1 is 1.22 bits per heavy atom. The average Bonchev–Trinajstić information content (AvgIpc) is 3.09.